The Bertz CT molecular complexity index is 1080. The molecule has 1 amide bonds. The molecule has 2 aromatic rings. The number of nitrogens with one attached hydrogen (secondary N) is 1. The van der Waals surface area contributed by atoms with Crippen molar-refractivity contribution in [3.63, 3.8) is 0 Å². The fourth-order valence-corrected chi connectivity index (χ4v) is 5.14. The van der Waals surface area contributed by atoms with Gasteiger partial charge in [-0.15, -0.1) is 0 Å². The van der Waals surface area contributed by atoms with Crippen molar-refractivity contribution in [1.29, 1.82) is 0 Å². The van der Waals surface area contributed by atoms with Crippen LogP contribution in [0.5, 0.6) is 0 Å². The van der Waals surface area contributed by atoms with Gasteiger partial charge in [0.15, 0.2) is 5.78 Å². The summed E-state index contributed by atoms with van der Waals surface area (Å²) in [5.41, 5.74) is 0.856. The van der Waals surface area contributed by atoms with E-state index in [1.807, 2.05) is 30.3 Å². The molecular formula is C21H21N3O4S. The number of nitrogens with zero attached hydrogens (tertiary/aromatic N) is 2. The van der Waals surface area contributed by atoms with Gasteiger partial charge in [0.25, 0.3) is 5.91 Å². The lowest BCUT2D eigenvalue weighted by molar-refractivity contribution is -0.115. The van der Waals surface area contributed by atoms with Gasteiger partial charge in [-0.1, -0.05) is 42.5 Å². The van der Waals surface area contributed by atoms with Gasteiger partial charge in [-0.2, -0.15) is 4.31 Å². The van der Waals surface area contributed by atoms with Gasteiger partial charge in [-0.05, 0) is 19.1 Å². The number of benzene rings is 2. The molecule has 0 radical (unpaired) electrons. The molecule has 150 valence electrons. The molecule has 0 unspecified atom stereocenters. The third kappa shape index (κ3) is 3.61. The van der Waals surface area contributed by atoms with Crippen molar-refractivity contribution in [1.82, 2.24) is 9.62 Å². The highest BCUT2D eigenvalue weighted by Gasteiger charge is 2.44. The highest BCUT2D eigenvalue weighted by Crippen LogP contribution is 2.31. The molecule has 1 saturated heterocycles. The van der Waals surface area contributed by atoms with Crippen LogP contribution in [0.2, 0.25) is 0 Å². The van der Waals surface area contributed by atoms with E-state index in [1.54, 1.807) is 0 Å². The van der Waals surface area contributed by atoms with E-state index in [1.165, 1.54) is 35.5 Å². The predicted molar refractivity (Wildman–Crippen MR) is 108 cm³/mol. The monoisotopic (exact) mass is 411 g/mol. The second-order valence-electron chi connectivity index (χ2n) is 7.30. The van der Waals surface area contributed by atoms with Crippen molar-refractivity contribution >= 4 is 27.4 Å². The van der Waals surface area contributed by atoms with Gasteiger partial charge in [-0.3, -0.25) is 14.6 Å². The van der Waals surface area contributed by atoms with E-state index < -0.39 is 15.7 Å². The molecule has 8 heteroatoms. The second-order valence-corrected chi connectivity index (χ2v) is 9.23. The minimum atomic E-state index is -3.67. The second kappa shape index (κ2) is 7.20. The lowest BCUT2D eigenvalue weighted by atomic mass is 10.00. The largest absolute Gasteiger partial charge is 0.326 e. The summed E-state index contributed by atoms with van der Waals surface area (Å²) in [6, 6.07) is 15.2. The van der Waals surface area contributed by atoms with Crippen LogP contribution in [0.3, 0.4) is 0 Å². The average molecular weight is 411 g/mol. The van der Waals surface area contributed by atoms with Crippen LogP contribution in [-0.4, -0.2) is 48.9 Å². The van der Waals surface area contributed by atoms with E-state index in [0.29, 0.717) is 24.1 Å². The highest BCUT2D eigenvalue weighted by molar-refractivity contribution is 7.89. The average Bonchev–Trinajstić information content (AvgIpc) is 3.04. The van der Waals surface area contributed by atoms with Crippen LogP contribution in [0.15, 0.2) is 64.5 Å². The molecule has 7 nitrogen and oxygen atoms in total. The number of carbonyl (C=O) groups is 2. The fraction of sp³-hybridized carbons (Fsp3) is 0.286. The smallest absolute Gasteiger partial charge is 0.272 e. The standard InChI is InChI=1S/C21H21N3O4S/c1-15(25)16-7-9-18(10-8-16)29(27,28)24-13-11-21(12-14-24)22-19(20(26)23-21)17-5-3-2-4-6-17/h2-10H,11-14H2,1H3,(H,23,26). The zero-order chi connectivity index (χ0) is 20.6. The normalized spacial score (nSPS) is 19.1. The molecule has 2 aliphatic rings. The molecule has 2 aliphatic heterocycles. The maximum absolute atomic E-state index is 12.9. The molecule has 0 atom stereocenters. The molecule has 29 heavy (non-hydrogen) atoms. The van der Waals surface area contributed by atoms with E-state index >= 15 is 0 Å². The molecule has 2 aromatic carbocycles. The van der Waals surface area contributed by atoms with Crippen LogP contribution < -0.4 is 5.32 Å². The zero-order valence-electron chi connectivity index (χ0n) is 16.0. The first kappa shape index (κ1) is 19.5. The van der Waals surface area contributed by atoms with Crippen molar-refractivity contribution in [3.05, 3.63) is 65.7 Å². The number of hydrogen-bond acceptors (Lipinski definition) is 5. The number of Topliss-reactive ketones (excluding diaryl/α,β-unsaturated/α-hetero) is 1. The molecule has 0 aliphatic carbocycles. The van der Waals surface area contributed by atoms with Gasteiger partial charge in [0.05, 0.1) is 4.90 Å². The predicted octanol–water partition coefficient (Wildman–Crippen LogP) is 1.99. The van der Waals surface area contributed by atoms with Crippen molar-refractivity contribution in [2.24, 2.45) is 4.99 Å². The number of sulfonamides is 1. The molecule has 0 saturated carbocycles. The molecule has 2 heterocycles. The lowest BCUT2D eigenvalue weighted by Gasteiger charge is -2.36. The zero-order valence-corrected chi connectivity index (χ0v) is 16.8. The summed E-state index contributed by atoms with van der Waals surface area (Å²) >= 11 is 0. The number of rotatable bonds is 4. The maximum Gasteiger partial charge on any atom is 0.272 e. The SMILES string of the molecule is CC(=O)c1ccc(S(=O)(=O)N2CCC3(CC2)N=C(c2ccccc2)C(=O)N3)cc1. The first-order valence-electron chi connectivity index (χ1n) is 9.40. The number of amides is 1. The number of ketones is 1. The first-order chi connectivity index (χ1) is 13.8. The van der Waals surface area contributed by atoms with Crippen molar-refractivity contribution in [3.8, 4) is 0 Å². The summed E-state index contributed by atoms with van der Waals surface area (Å²) < 4.78 is 27.3. The van der Waals surface area contributed by atoms with Gasteiger partial charge in [0.1, 0.15) is 11.4 Å². The summed E-state index contributed by atoms with van der Waals surface area (Å²) in [5, 5.41) is 2.95. The van der Waals surface area contributed by atoms with Crippen molar-refractivity contribution in [2.45, 2.75) is 30.3 Å². The van der Waals surface area contributed by atoms with E-state index in [-0.39, 0.29) is 29.7 Å². The summed E-state index contributed by atoms with van der Waals surface area (Å²) in [5.74, 6) is -0.342. The molecular weight excluding hydrogens is 390 g/mol. The number of hydrogen-bond donors (Lipinski definition) is 1. The van der Waals surface area contributed by atoms with Crippen LogP contribution in [0.1, 0.15) is 35.7 Å². The van der Waals surface area contributed by atoms with Gasteiger partial charge in [0, 0.05) is 37.1 Å². The molecule has 1 N–H and O–H groups in total. The van der Waals surface area contributed by atoms with Crippen LogP contribution in [0.4, 0.5) is 0 Å². The van der Waals surface area contributed by atoms with Gasteiger partial charge in [-0.25, -0.2) is 8.42 Å². The minimum absolute atomic E-state index is 0.113. The van der Waals surface area contributed by atoms with Crippen LogP contribution in [0, 0.1) is 0 Å². The Labute approximate surface area is 169 Å². The van der Waals surface area contributed by atoms with Crippen LogP contribution in [-0.2, 0) is 14.8 Å². The van der Waals surface area contributed by atoms with Crippen molar-refractivity contribution in [2.75, 3.05) is 13.1 Å². The molecule has 0 aromatic heterocycles. The summed E-state index contributed by atoms with van der Waals surface area (Å²) in [6.07, 6.45) is 0.805. The Morgan fingerprint density at radius 2 is 1.66 bits per heavy atom. The Morgan fingerprint density at radius 1 is 1.03 bits per heavy atom. The van der Waals surface area contributed by atoms with Crippen LogP contribution in [0.25, 0.3) is 0 Å². The molecule has 0 bridgehead atoms. The summed E-state index contributed by atoms with van der Waals surface area (Å²) in [7, 11) is -3.67. The summed E-state index contributed by atoms with van der Waals surface area (Å²) in [4.78, 5) is 28.6. The minimum Gasteiger partial charge on any atom is -0.326 e. The quantitative estimate of drug-likeness (QED) is 0.779. The number of carbonyl (C=O) groups excluding carboxylic acids is 2. The van der Waals surface area contributed by atoms with Gasteiger partial charge < -0.3 is 5.32 Å². The van der Waals surface area contributed by atoms with Crippen LogP contribution >= 0.6 is 0 Å². The topological polar surface area (TPSA) is 95.9 Å². The van der Waals surface area contributed by atoms with E-state index in [4.69, 9.17) is 0 Å². The Hall–Kier alpha value is -2.84. The Morgan fingerprint density at radius 3 is 2.24 bits per heavy atom. The molecule has 1 fully saturated rings. The van der Waals surface area contributed by atoms with Crippen molar-refractivity contribution < 1.29 is 18.0 Å². The molecule has 1 spiro atoms. The summed E-state index contributed by atoms with van der Waals surface area (Å²) in [6.45, 7) is 1.94. The molecule has 4 rings (SSSR count). The number of piperidine rings is 1. The third-order valence-corrected chi connectivity index (χ3v) is 7.30. The Balaban J connectivity index is 1.51. The van der Waals surface area contributed by atoms with E-state index in [0.717, 1.165) is 5.56 Å². The Kier molecular flexibility index (Phi) is 4.84. The first-order valence-corrected chi connectivity index (χ1v) is 10.8. The van der Waals surface area contributed by atoms with E-state index in [9.17, 15) is 18.0 Å². The maximum atomic E-state index is 12.9. The lowest BCUT2D eigenvalue weighted by Crippen LogP contribution is -2.52. The number of aliphatic imine (C=N–C) groups is 1. The van der Waals surface area contributed by atoms with Gasteiger partial charge in [0.2, 0.25) is 10.0 Å². The fourth-order valence-electron chi connectivity index (χ4n) is 3.70. The highest BCUT2D eigenvalue weighted by atomic mass is 32.2. The van der Waals surface area contributed by atoms with E-state index in [2.05, 4.69) is 10.3 Å². The third-order valence-electron chi connectivity index (χ3n) is 5.38. The van der Waals surface area contributed by atoms with Gasteiger partial charge >= 0.3 is 0 Å².